The molecule has 0 saturated heterocycles. The van der Waals surface area contributed by atoms with Gasteiger partial charge in [0, 0.05) is 37.2 Å². The Hall–Kier alpha value is -1.78. The SMILES string of the molecule is CC(=O)O[C@H]1CC[C@@H]2Cc3occ(C)c3[C@@H](OC(C)=O)[C@]2(C)[C@H]1C. The van der Waals surface area contributed by atoms with Gasteiger partial charge in [-0.3, -0.25) is 9.59 Å². The van der Waals surface area contributed by atoms with Gasteiger partial charge >= 0.3 is 11.9 Å². The minimum atomic E-state index is -0.365. The third-order valence-electron chi connectivity index (χ3n) is 6.18. The normalized spacial score (nSPS) is 34.9. The van der Waals surface area contributed by atoms with Crippen molar-refractivity contribution >= 4 is 11.9 Å². The van der Waals surface area contributed by atoms with Crippen LogP contribution in [0.3, 0.4) is 0 Å². The first-order valence-electron chi connectivity index (χ1n) is 8.66. The van der Waals surface area contributed by atoms with Crippen molar-refractivity contribution in [2.24, 2.45) is 17.3 Å². The molecule has 0 bridgehead atoms. The molecule has 1 heterocycles. The van der Waals surface area contributed by atoms with Crippen LogP contribution < -0.4 is 0 Å². The van der Waals surface area contributed by atoms with Crippen LogP contribution >= 0.6 is 0 Å². The van der Waals surface area contributed by atoms with Crippen molar-refractivity contribution in [1.29, 1.82) is 0 Å². The quantitative estimate of drug-likeness (QED) is 0.771. The number of fused-ring (bicyclic) bond motifs is 2. The van der Waals surface area contributed by atoms with Gasteiger partial charge in [-0.1, -0.05) is 13.8 Å². The number of rotatable bonds is 2. The zero-order chi connectivity index (χ0) is 17.6. The molecule has 0 aliphatic heterocycles. The smallest absolute Gasteiger partial charge is 0.303 e. The minimum Gasteiger partial charge on any atom is -0.469 e. The summed E-state index contributed by atoms with van der Waals surface area (Å²) < 4.78 is 17.1. The summed E-state index contributed by atoms with van der Waals surface area (Å²) in [6.45, 7) is 9.15. The van der Waals surface area contributed by atoms with Crippen molar-refractivity contribution < 1.29 is 23.5 Å². The largest absolute Gasteiger partial charge is 0.469 e. The standard InChI is InChI=1S/C19H26O5/c1-10-9-22-16-8-14-6-7-15(23-12(3)20)11(2)19(14,5)18(17(10)16)24-13(4)21/h9,11,14-15,18H,6-8H2,1-5H3/t11-,14+,15-,18+,19+/m0/s1. The highest BCUT2D eigenvalue weighted by Gasteiger charge is 2.57. The summed E-state index contributed by atoms with van der Waals surface area (Å²) in [6, 6.07) is 0. The Labute approximate surface area is 142 Å². The topological polar surface area (TPSA) is 65.7 Å². The molecule has 5 atom stereocenters. The van der Waals surface area contributed by atoms with Crippen LogP contribution in [0.5, 0.6) is 0 Å². The lowest BCUT2D eigenvalue weighted by atomic mass is 9.53. The van der Waals surface area contributed by atoms with Crippen LogP contribution in [0.25, 0.3) is 0 Å². The van der Waals surface area contributed by atoms with Crippen LogP contribution in [0.1, 0.15) is 63.5 Å². The third kappa shape index (κ3) is 2.54. The average Bonchev–Trinajstić information content (AvgIpc) is 2.85. The van der Waals surface area contributed by atoms with E-state index in [-0.39, 0.29) is 35.5 Å². The molecule has 1 aromatic heterocycles. The summed E-state index contributed by atoms with van der Waals surface area (Å²) >= 11 is 0. The van der Waals surface area contributed by atoms with E-state index in [0.29, 0.717) is 5.92 Å². The molecule has 132 valence electrons. The molecule has 5 heteroatoms. The van der Waals surface area contributed by atoms with Crippen molar-refractivity contribution in [1.82, 2.24) is 0 Å². The van der Waals surface area contributed by atoms with E-state index < -0.39 is 0 Å². The van der Waals surface area contributed by atoms with E-state index in [4.69, 9.17) is 13.9 Å². The highest BCUT2D eigenvalue weighted by molar-refractivity contribution is 5.67. The molecule has 24 heavy (non-hydrogen) atoms. The van der Waals surface area contributed by atoms with E-state index in [9.17, 15) is 9.59 Å². The van der Waals surface area contributed by atoms with Crippen LogP contribution in [0.4, 0.5) is 0 Å². The number of carbonyl (C=O) groups is 2. The molecule has 0 N–H and O–H groups in total. The minimum absolute atomic E-state index is 0.0898. The van der Waals surface area contributed by atoms with Gasteiger partial charge < -0.3 is 13.9 Å². The number of furan rings is 1. The lowest BCUT2D eigenvalue weighted by molar-refractivity contribution is -0.185. The number of aryl methyl sites for hydroxylation is 1. The second-order valence-electron chi connectivity index (χ2n) is 7.53. The summed E-state index contributed by atoms with van der Waals surface area (Å²) in [7, 11) is 0. The van der Waals surface area contributed by atoms with E-state index in [0.717, 1.165) is 36.1 Å². The lowest BCUT2D eigenvalue weighted by Crippen LogP contribution is -2.53. The molecule has 0 amide bonds. The average molecular weight is 334 g/mol. The second kappa shape index (κ2) is 5.94. The van der Waals surface area contributed by atoms with Crippen LogP contribution in [0.2, 0.25) is 0 Å². The van der Waals surface area contributed by atoms with Crippen LogP contribution in [0.15, 0.2) is 10.7 Å². The summed E-state index contributed by atoms with van der Waals surface area (Å²) in [6.07, 6.45) is 3.84. The highest BCUT2D eigenvalue weighted by Crippen LogP contribution is 2.59. The Morgan fingerprint density at radius 2 is 1.88 bits per heavy atom. The monoisotopic (exact) mass is 334 g/mol. The van der Waals surface area contributed by atoms with Gasteiger partial charge in [0.25, 0.3) is 0 Å². The second-order valence-corrected chi connectivity index (χ2v) is 7.53. The van der Waals surface area contributed by atoms with Gasteiger partial charge in [-0.15, -0.1) is 0 Å². The Bertz CT molecular complexity index is 661. The van der Waals surface area contributed by atoms with Gasteiger partial charge in [0.05, 0.1) is 6.26 Å². The number of hydrogen-bond donors (Lipinski definition) is 0. The van der Waals surface area contributed by atoms with Crippen molar-refractivity contribution in [3.05, 3.63) is 23.2 Å². The molecule has 5 nitrogen and oxygen atoms in total. The molecule has 1 saturated carbocycles. The Morgan fingerprint density at radius 3 is 2.50 bits per heavy atom. The lowest BCUT2D eigenvalue weighted by Gasteiger charge is -2.54. The van der Waals surface area contributed by atoms with E-state index >= 15 is 0 Å². The van der Waals surface area contributed by atoms with E-state index in [1.807, 2.05) is 6.92 Å². The van der Waals surface area contributed by atoms with E-state index in [1.165, 1.54) is 13.8 Å². The van der Waals surface area contributed by atoms with Gasteiger partial charge in [0.2, 0.25) is 0 Å². The van der Waals surface area contributed by atoms with Crippen LogP contribution in [-0.2, 0) is 25.5 Å². The molecule has 2 aliphatic rings. The maximum absolute atomic E-state index is 11.8. The molecule has 1 fully saturated rings. The van der Waals surface area contributed by atoms with Crippen molar-refractivity contribution in [2.45, 2.75) is 66.1 Å². The number of carbonyl (C=O) groups excluding carboxylic acids is 2. The number of esters is 2. The zero-order valence-corrected chi connectivity index (χ0v) is 15.0. The maximum Gasteiger partial charge on any atom is 0.303 e. The summed E-state index contributed by atoms with van der Waals surface area (Å²) in [4.78, 5) is 23.3. The Morgan fingerprint density at radius 1 is 1.21 bits per heavy atom. The van der Waals surface area contributed by atoms with Crippen molar-refractivity contribution in [3.63, 3.8) is 0 Å². The van der Waals surface area contributed by atoms with Gasteiger partial charge in [-0.2, -0.15) is 0 Å². The summed E-state index contributed by atoms with van der Waals surface area (Å²) in [5.41, 5.74) is 1.73. The molecule has 0 spiro atoms. The fourth-order valence-corrected chi connectivity index (χ4v) is 4.75. The van der Waals surface area contributed by atoms with Gasteiger partial charge in [-0.05, 0) is 31.2 Å². The first-order valence-corrected chi connectivity index (χ1v) is 8.66. The van der Waals surface area contributed by atoms with E-state index in [1.54, 1.807) is 6.26 Å². The molecule has 1 aromatic rings. The molecule has 3 rings (SSSR count). The van der Waals surface area contributed by atoms with Crippen molar-refractivity contribution in [3.8, 4) is 0 Å². The molecule has 0 aromatic carbocycles. The third-order valence-corrected chi connectivity index (χ3v) is 6.18. The predicted octanol–water partition coefficient (Wildman–Crippen LogP) is 3.73. The molecule has 0 unspecified atom stereocenters. The Kier molecular flexibility index (Phi) is 4.22. The van der Waals surface area contributed by atoms with E-state index in [2.05, 4.69) is 13.8 Å². The predicted molar refractivity (Wildman–Crippen MR) is 87.2 cm³/mol. The van der Waals surface area contributed by atoms with Crippen molar-refractivity contribution in [2.75, 3.05) is 0 Å². The van der Waals surface area contributed by atoms with Crippen LogP contribution in [-0.4, -0.2) is 18.0 Å². The first kappa shape index (κ1) is 17.1. The molecule has 0 radical (unpaired) electrons. The van der Waals surface area contributed by atoms with Gasteiger partial charge in [0.15, 0.2) is 0 Å². The zero-order valence-electron chi connectivity index (χ0n) is 15.0. The first-order chi connectivity index (χ1) is 11.2. The highest BCUT2D eigenvalue weighted by atomic mass is 16.6. The molecule has 2 aliphatic carbocycles. The van der Waals surface area contributed by atoms with Gasteiger partial charge in [-0.25, -0.2) is 0 Å². The number of hydrogen-bond acceptors (Lipinski definition) is 5. The summed E-state index contributed by atoms with van der Waals surface area (Å²) in [5.74, 6) is 0.803. The van der Waals surface area contributed by atoms with Crippen LogP contribution in [0, 0.1) is 24.2 Å². The fourth-order valence-electron chi connectivity index (χ4n) is 4.75. The molecular weight excluding hydrogens is 308 g/mol. The van der Waals surface area contributed by atoms with Gasteiger partial charge in [0.1, 0.15) is 18.0 Å². The number of ether oxygens (including phenoxy) is 2. The summed E-state index contributed by atoms with van der Waals surface area (Å²) in [5, 5.41) is 0. The Balaban J connectivity index is 2.05. The molecular formula is C19H26O5. The fraction of sp³-hybridized carbons (Fsp3) is 0.684. The maximum atomic E-state index is 11.8.